The maximum atomic E-state index is 12.7. The van der Waals surface area contributed by atoms with Crippen LogP contribution in [0.5, 0.6) is 0 Å². The lowest BCUT2D eigenvalue weighted by atomic mass is 9.91. The third kappa shape index (κ3) is 4.79. The zero-order valence-electron chi connectivity index (χ0n) is 17.1. The number of amides is 2. The van der Waals surface area contributed by atoms with Gasteiger partial charge in [0.1, 0.15) is 0 Å². The summed E-state index contributed by atoms with van der Waals surface area (Å²) in [7, 11) is 0. The van der Waals surface area contributed by atoms with Crippen LogP contribution in [0.2, 0.25) is 0 Å². The van der Waals surface area contributed by atoms with E-state index in [4.69, 9.17) is 0 Å². The Morgan fingerprint density at radius 1 is 1.25 bits per heavy atom. The Morgan fingerprint density at radius 3 is 2.61 bits per heavy atom. The first kappa shape index (κ1) is 20.5. The zero-order chi connectivity index (χ0) is 20.3. The molecule has 2 heterocycles. The lowest BCUT2D eigenvalue weighted by Crippen LogP contribution is -2.47. The zero-order valence-corrected chi connectivity index (χ0v) is 17.9. The molecule has 1 N–H and O–H groups in total. The van der Waals surface area contributed by atoms with Gasteiger partial charge in [-0.05, 0) is 24.8 Å². The first-order chi connectivity index (χ1) is 13.3. The van der Waals surface area contributed by atoms with Crippen molar-refractivity contribution in [2.75, 3.05) is 18.4 Å². The topological polar surface area (TPSA) is 62.3 Å². The number of hydrogen-bond donors (Lipinski definition) is 1. The van der Waals surface area contributed by atoms with Crippen LogP contribution >= 0.6 is 11.3 Å². The molecule has 0 bridgehead atoms. The summed E-state index contributed by atoms with van der Waals surface area (Å²) in [6.45, 7) is 9.11. The van der Waals surface area contributed by atoms with Crippen molar-refractivity contribution < 1.29 is 9.59 Å². The van der Waals surface area contributed by atoms with Crippen LogP contribution in [0, 0.1) is 11.3 Å². The number of anilines is 1. The summed E-state index contributed by atoms with van der Waals surface area (Å²) in [6, 6.07) is 8.35. The first-order valence-corrected chi connectivity index (χ1v) is 10.8. The van der Waals surface area contributed by atoms with Crippen molar-refractivity contribution in [1.82, 2.24) is 9.88 Å². The van der Waals surface area contributed by atoms with Gasteiger partial charge in [-0.1, -0.05) is 52.0 Å². The Kier molecular flexibility index (Phi) is 6.18. The van der Waals surface area contributed by atoms with Crippen molar-refractivity contribution in [3.05, 3.63) is 35.2 Å². The fraction of sp³-hybridized carbons (Fsp3) is 0.500. The van der Waals surface area contributed by atoms with E-state index < -0.39 is 5.41 Å². The van der Waals surface area contributed by atoms with Crippen molar-refractivity contribution >= 4 is 28.3 Å². The van der Waals surface area contributed by atoms with Crippen LogP contribution in [0.15, 0.2) is 29.6 Å². The van der Waals surface area contributed by atoms with E-state index in [1.54, 1.807) is 0 Å². The largest absolute Gasteiger partial charge is 0.341 e. The average molecular weight is 400 g/mol. The maximum absolute atomic E-state index is 12.7. The minimum Gasteiger partial charge on any atom is -0.341 e. The lowest BCUT2D eigenvalue weighted by Gasteiger charge is -2.35. The van der Waals surface area contributed by atoms with Crippen LogP contribution in [0.1, 0.15) is 46.1 Å². The Morgan fingerprint density at radius 2 is 1.96 bits per heavy atom. The molecular formula is C22H29N3O2S. The molecule has 1 fully saturated rings. The minimum atomic E-state index is -0.421. The molecule has 1 aliphatic rings. The Bertz CT molecular complexity index is 836. The molecule has 1 unspecified atom stereocenters. The van der Waals surface area contributed by atoms with E-state index in [0.29, 0.717) is 11.7 Å². The number of rotatable bonds is 4. The number of piperidine rings is 1. The number of aryl methyl sites for hydroxylation is 1. The Balaban J connectivity index is 1.63. The maximum Gasteiger partial charge on any atom is 0.231 e. The first-order valence-electron chi connectivity index (χ1n) is 9.93. The molecule has 1 atom stereocenters. The molecule has 6 heteroatoms. The molecule has 1 saturated heterocycles. The monoisotopic (exact) mass is 399 g/mol. The predicted molar refractivity (Wildman–Crippen MR) is 114 cm³/mol. The molecule has 0 aliphatic carbocycles. The summed E-state index contributed by atoms with van der Waals surface area (Å²) in [5, 5.41) is 5.53. The molecule has 0 radical (unpaired) electrons. The van der Waals surface area contributed by atoms with Gasteiger partial charge in [-0.2, -0.15) is 0 Å². The van der Waals surface area contributed by atoms with Crippen molar-refractivity contribution in [1.29, 1.82) is 0 Å². The standard InChI is InChI=1S/C22H29N3O2S/c1-5-15-8-10-16(11-9-15)18-14-28-21(23-18)24-19(26)17-7-6-12-25(13-17)20(27)22(2,3)4/h8-11,14,17H,5-7,12-13H2,1-4H3,(H,23,24,26). The van der Waals surface area contributed by atoms with Gasteiger partial charge in [0.15, 0.2) is 5.13 Å². The van der Waals surface area contributed by atoms with Crippen LogP contribution in [-0.4, -0.2) is 34.8 Å². The summed E-state index contributed by atoms with van der Waals surface area (Å²) < 4.78 is 0. The number of aromatic nitrogens is 1. The summed E-state index contributed by atoms with van der Waals surface area (Å²) in [5.41, 5.74) is 2.79. The highest BCUT2D eigenvalue weighted by atomic mass is 32.1. The highest BCUT2D eigenvalue weighted by molar-refractivity contribution is 7.14. The minimum absolute atomic E-state index is 0.0476. The molecule has 150 valence electrons. The highest BCUT2D eigenvalue weighted by Gasteiger charge is 2.33. The van der Waals surface area contributed by atoms with Gasteiger partial charge in [0.25, 0.3) is 0 Å². The molecule has 1 aliphatic heterocycles. The number of carbonyl (C=O) groups excluding carboxylic acids is 2. The van der Waals surface area contributed by atoms with Gasteiger partial charge in [-0.25, -0.2) is 4.98 Å². The van der Waals surface area contributed by atoms with Crippen molar-refractivity contribution in [3.8, 4) is 11.3 Å². The molecule has 0 saturated carbocycles. The SMILES string of the molecule is CCc1ccc(-c2csc(NC(=O)C3CCCN(C(=O)C(C)(C)C)C3)n2)cc1. The van der Waals surface area contributed by atoms with Gasteiger partial charge in [0.2, 0.25) is 11.8 Å². The summed E-state index contributed by atoms with van der Waals surface area (Å²) in [4.78, 5) is 31.7. The van der Waals surface area contributed by atoms with E-state index in [1.165, 1.54) is 16.9 Å². The second-order valence-electron chi connectivity index (χ2n) is 8.42. The fourth-order valence-corrected chi connectivity index (χ4v) is 4.15. The van der Waals surface area contributed by atoms with Gasteiger partial charge < -0.3 is 10.2 Å². The molecule has 0 spiro atoms. The second-order valence-corrected chi connectivity index (χ2v) is 9.28. The van der Waals surface area contributed by atoms with E-state index in [2.05, 4.69) is 41.5 Å². The van der Waals surface area contributed by atoms with E-state index in [9.17, 15) is 9.59 Å². The summed E-state index contributed by atoms with van der Waals surface area (Å²) >= 11 is 1.43. The number of nitrogens with zero attached hydrogens (tertiary/aromatic N) is 2. The van der Waals surface area contributed by atoms with E-state index in [-0.39, 0.29) is 17.7 Å². The van der Waals surface area contributed by atoms with Crippen LogP contribution in [0.4, 0.5) is 5.13 Å². The van der Waals surface area contributed by atoms with Gasteiger partial charge in [0, 0.05) is 29.4 Å². The van der Waals surface area contributed by atoms with Gasteiger partial charge in [-0.3, -0.25) is 9.59 Å². The molecule has 5 nitrogen and oxygen atoms in total. The van der Waals surface area contributed by atoms with Crippen molar-refractivity contribution in [2.45, 2.75) is 47.0 Å². The number of nitrogens with one attached hydrogen (secondary N) is 1. The molecule has 2 aromatic rings. The second kappa shape index (κ2) is 8.43. The molecule has 3 rings (SSSR count). The van der Waals surface area contributed by atoms with Crippen LogP contribution in [0.3, 0.4) is 0 Å². The number of carbonyl (C=O) groups is 2. The van der Waals surface area contributed by atoms with Crippen molar-refractivity contribution in [3.63, 3.8) is 0 Å². The highest BCUT2D eigenvalue weighted by Crippen LogP contribution is 2.27. The Labute approximate surface area is 171 Å². The van der Waals surface area contributed by atoms with E-state index >= 15 is 0 Å². The predicted octanol–water partition coefficient (Wildman–Crippen LogP) is 4.60. The summed E-state index contributed by atoms with van der Waals surface area (Å²) in [5.74, 6) is -0.123. The molecule has 28 heavy (non-hydrogen) atoms. The molecule has 1 aromatic carbocycles. The third-order valence-corrected chi connectivity index (χ3v) is 5.87. The number of thiazole rings is 1. The van der Waals surface area contributed by atoms with E-state index in [1.807, 2.05) is 31.1 Å². The number of likely N-dealkylation sites (tertiary alicyclic amines) is 1. The normalized spacial score (nSPS) is 17.4. The van der Waals surface area contributed by atoms with Gasteiger partial charge >= 0.3 is 0 Å². The van der Waals surface area contributed by atoms with Crippen LogP contribution in [-0.2, 0) is 16.0 Å². The molecule has 2 amide bonds. The quantitative estimate of drug-likeness (QED) is 0.817. The number of hydrogen-bond acceptors (Lipinski definition) is 4. The van der Waals surface area contributed by atoms with Gasteiger partial charge in [0.05, 0.1) is 11.6 Å². The van der Waals surface area contributed by atoms with Crippen LogP contribution in [0.25, 0.3) is 11.3 Å². The third-order valence-electron chi connectivity index (χ3n) is 5.11. The average Bonchev–Trinajstić information content (AvgIpc) is 3.15. The molecule has 1 aromatic heterocycles. The molecular weight excluding hydrogens is 370 g/mol. The van der Waals surface area contributed by atoms with Gasteiger partial charge in [-0.15, -0.1) is 11.3 Å². The lowest BCUT2D eigenvalue weighted by molar-refractivity contribution is -0.142. The summed E-state index contributed by atoms with van der Waals surface area (Å²) in [6.07, 6.45) is 2.66. The van der Waals surface area contributed by atoms with Crippen LogP contribution < -0.4 is 5.32 Å². The smallest absolute Gasteiger partial charge is 0.231 e. The number of benzene rings is 1. The van der Waals surface area contributed by atoms with E-state index in [0.717, 1.165) is 37.1 Å². The fourth-order valence-electron chi connectivity index (χ4n) is 3.43. The Hall–Kier alpha value is -2.21. The van der Waals surface area contributed by atoms with Crippen molar-refractivity contribution in [2.24, 2.45) is 11.3 Å².